The van der Waals surface area contributed by atoms with Gasteiger partial charge in [-0.1, -0.05) is 117 Å². The fourth-order valence-electron chi connectivity index (χ4n) is 17.0. The van der Waals surface area contributed by atoms with Gasteiger partial charge in [-0.05, 0) is 134 Å². The molecule has 21 heteroatoms. The van der Waals surface area contributed by atoms with Gasteiger partial charge in [-0.15, -0.1) is 0 Å². The van der Waals surface area contributed by atoms with E-state index in [1.54, 1.807) is 0 Å². The van der Waals surface area contributed by atoms with Gasteiger partial charge in [0.25, 0.3) is 0 Å². The number of fused-ring (bicyclic) bond motifs is 7. The first-order chi connectivity index (χ1) is 40.5. The molecule has 4 saturated carbocycles. The molecule has 86 heavy (non-hydrogen) atoms. The van der Waals surface area contributed by atoms with Gasteiger partial charge in [0, 0.05) is 6.42 Å². The molecule has 3 saturated heterocycles. The molecule has 0 radical (unpaired) electrons. The van der Waals surface area contributed by atoms with E-state index in [9.17, 15) is 70.9 Å². The molecule has 0 aromatic rings. The van der Waals surface area contributed by atoms with Crippen LogP contribution in [0.1, 0.15) is 165 Å². The van der Waals surface area contributed by atoms with Crippen LogP contribution in [0.25, 0.3) is 0 Å². The Labute approximate surface area is 506 Å². The molecule has 0 bridgehead atoms. The fraction of sp³-hybridized carbons (Fsp3) is 0.846. The molecule has 21 nitrogen and oxygen atoms in total. The summed E-state index contributed by atoms with van der Waals surface area (Å²) in [6.07, 6.45) is -15.4. The summed E-state index contributed by atoms with van der Waals surface area (Å²) in [4.78, 5) is 29.3. The molecule has 12 N–H and O–H groups in total. The average Bonchev–Trinajstić information content (AvgIpc) is 0.679. The highest BCUT2D eigenvalue weighted by atomic mass is 16.8. The zero-order valence-corrected chi connectivity index (χ0v) is 51.5. The van der Waals surface area contributed by atoms with E-state index < -0.39 is 153 Å². The number of aliphatic hydroxyl groups is 12. The van der Waals surface area contributed by atoms with Crippen LogP contribution in [0.4, 0.5) is 0 Å². The van der Waals surface area contributed by atoms with Crippen molar-refractivity contribution in [2.45, 2.75) is 281 Å². The quantitative estimate of drug-likeness (QED) is 0.0291. The second-order valence-electron chi connectivity index (χ2n) is 28.4. The third-order valence-corrected chi connectivity index (χ3v) is 22.5. The van der Waals surface area contributed by atoms with Crippen molar-refractivity contribution in [3.63, 3.8) is 0 Å². The summed E-state index contributed by atoms with van der Waals surface area (Å²) < 4.78 is 43.0. The van der Waals surface area contributed by atoms with Crippen LogP contribution in [0, 0.1) is 73.9 Å². The zero-order chi connectivity index (χ0) is 63.1. The number of allylic oxidation sites excluding steroid dienone is 2. The summed E-state index contributed by atoms with van der Waals surface area (Å²) >= 11 is 0. The molecule has 0 aromatic carbocycles. The summed E-state index contributed by atoms with van der Waals surface area (Å²) in [5, 5.41) is 130. The van der Waals surface area contributed by atoms with Crippen molar-refractivity contribution >= 4 is 11.9 Å². The number of carbonyl (C=O) groups excluding carboxylic acids is 2. The molecule has 0 aromatic heterocycles. The molecule has 8 aliphatic rings. The first kappa shape index (κ1) is 68.8. The highest BCUT2D eigenvalue weighted by Gasteiger charge is 2.70. The highest BCUT2D eigenvalue weighted by Crippen LogP contribution is 2.76. The Hall–Kier alpha value is -3.14. The van der Waals surface area contributed by atoms with Gasteiger partial charge in [0.05, 0.1) is 24.7 Å². The molecule has 5 aliphatic carbocycles. The first-order valence-corrected chi connectivity index (χ1v) is 31.5. The molecule has 0 amide bonds. The predicted molar refractivity (Wildman–Crippen MR) is 309 cm³/mol. The van der Waals surface area contributed by atoms with Crippen molar-refractivity contribution in [2.75, 3.05) is 13.2 Å². The largest absolute Gasteiger partial charge is 0.458 e. The zero-order valence-electron chi connectivity index (χ0n) is 51.5. The Bertz CT molecular complexity index is 2510. The Morgan fingerprint density at radius 3 is 2.00 bits per heavy atom. The van der Waals surface area contributed by atoms with Gasteiger partial charge in [-0.3, -0.25) is 4.79 Å². The molecular formula is C65H100O21. The van der Waals surface area contributed by atoms with Crippen LogP contribution >= 0.6 is 0 Å². The van der Waals surface area contributed by atoms with Crippen molar-refractivity contribution in [1.29, 1.82) is 0 Å². The fourth-order valence-corrected chi connectivity index (χ4v) is 17.0. The Morgan fingerprint density at radius 1 is 0.709 bits per heavy atom. The minimum absolute atomic E-state index is 0.0283. The number of esters is 2. The lowest BCUT2D eigenvalue weighted by Crippen LogP contribution is -2.67. The molecule has 486 valence electrons. The van der Waals surface area contributed by atoms with Crippen molar-refractivity contribution in [1.82, 2.24) is 0 Å². The topological polar surface area (TPSA) is 342 Å². The maximum atomic E-state index is 14.9. The van der Waals surface area contributed by atoms with E-state index in [0.29, 0.717) is 38.5 Å². The van der Waals surface area contributed by atoms with Crippen molar-refractivity contribution < 1.29 is 104 Å². The molecule has 3 heterocycles. The number of carbonyl (C=O) groups is 2. The second kappa shape index (κ2) is 27.4. The molecule has 26 atom stereocenters. The summed E-state index contributed by atoms with van der Waals surface area (Å²) in [6.45, 7) is 20.0. The van der Waals surface area contributed by atoms with E-state index in [1.165, 1.54) is 11.6 Å². The van der Waals surface area contributed by atoms with Crippen LogP contribution in [-0.4, -0.2) is 203 Å². The van der Waals surface area contributed by atoms with E-state index in [2.05, 4.69) is 91.7 Å². The number of ether oxygens (including phenoxy) is 7. The van der Waals surface area contributed by atoms with Crippen LogP contribution in [-0.2, 0) is 42.7 Å². The summed E-state index contributed by atoms with van der Waals surface area (Å²) in [5.41, 5.74) is -1.34. The maximum Gasteiger partial charge on any atom is 0.338 e. The van der Waals surface area contributed by atoms with E-state index in [4.69, 9.17) is 33.2 Å². The van der Waals surface area contributed by atoms with Gasteiger partial charge in [0.1, 0.15) is 85.5 Å². The molecule has 3 aliphatic heterocycles. The number of aliphatic hydroxyl groups excluding tert-OH is 12. The second-order valence-corrected chi connectivity index (χ2v) is 28.4. The lowest BCUT2D eigenvalue weighted by molar-refractivity contribution is -0.375. The number of hydrogen-bond donors (Lipinski definition) is 12. The summed E-state index contributed by atoms with van der Waals surface area (Å²) in [7, 11) is 0. The first-order valence-electron chi connectivity index (χ1n) is 31.5. The van der Waals surface area contributed by atoms with E-state index >= 15 is 0 Å². The average molecular weight is 1220 g/mol. The van der Waals surface area contributed by atoms with Gasteiger partial charge >= 0.3 is 11.9 Å². The minimum Gasteiger partial charge on any atom is -0.458 e. The third kappa shape index (κ3) is 13.0. The van der Waals surface area contributed by atoms with E-state index in [-0.39, 0.29) is 52.3 Å². The van der Waals surface area contributed by atoms with Gasteiger partial charge in [0.15, 0.2) is 18.7 Å². The summed E-state index contributed by atoms with van der Waals surface area (Å²) in [5.74, 6) is 8.65. The lowest BCUT2D eigenvalue weighted by Gasteiger charge is -2.71. The van der Waals surface area contributed by atoms with Crippen molar-refractivity contribution in [3.05, 3.63) is 24.3 Å². The maximum absolute atomic E-state index is 14.9. The number of rotatable bonds is 19. The van der Waals surface area contributed by atoms with E-state index in [0.717, 1.165) is 57.8 Å². The van der Waals surface area contributed by atoms with Crippen molar-refractivity contribution in [2.24, 2.45) is 50.2 Å². The third-order valence-electron chi connectivity index (χ3n) is 22.5. The van der Waals surface area contributed by atoms with Gasteiger partial charge in [0.2, 0.25) is 6.29 Å². The monoisotopic (exact) mass is 1220 g/mol. The molecule has 7 fully saturated rings. The van der Waals surface area contributed by atoms with Crippen LogP contribution in [0.5, 0.6) is 0 Å². The van der Waals surface area contributed by atoms with E-state index in [1.807, 2.05) is 0 Å². The Balaban J connectivity index is 1.05. The highest BCUT2D eigenvalue weighted by molar-refractivity contribution is 5.79. The summed E-state index contributed by atoms with van der Waals surface area (Å²) in [6, 6.07) is 0. The molecule has 8 rings (SSSR count). The molecular weight excluding hydrogens is 1120 g/mol. The van der Waals surface area contributed by atoms with Crippen LogP contribution in [0.2, 0.25) is 0 Å². The van der Waals surface area contributed by atoms with Crippen LogP contribution < -0.4 is 0 Å². The minimum atomic E-state index is -2.03. The SMILES string of the molecule is C=C[C@@H](O)C#CC#CC[C@@H](O)[C@@H](CCCCCCC)OC(=O)[C@H]1O[C@@H](O[C@H]2CC[C@@]3(C)[C@H](CC[C@]4(C)[C@H]3CC=C3[C@H]5CC(C)(C)CC[C@]5(C(=O)O[C@@H]5O[C@H](CO)[C@@H](O)[C@H](O)[C@H]5O)CC[C@]34C)C2(C)C)[C@H](O[C@@H]2O[C@H](CO)[C@@H](O)[C@H](O)[C@H]2O)[C@@H](O)[C@@H]1O. The Morgan fingerprint density at radius 2 is 1.35 bits per heavy atom. The predicted octanol–water partition coefficient (Wildman–Crippen LogP) is 2.73. The van der Waals surface area contributed by atoms with Crippen LogP contribution in [0.15, 0.2) is 24.3 Å². The normalized spacial score (nSPS) is 44.3. The van der Waals surface area contributed by atoms with Crippen LogP contribution in [0.3, 0.4) is 0 Å². The molecule has 0 unspecified atom stereocenters. The van der Waals surface area contributed by atoms with Gasteiger partial charge in [-0.25, -0.2) is 4.79 Å². The standard InChI is InChI=1S/C65H100O21/c1-10-12-13-14-18-21-39(38(69)20-17-15-16-19-35(68)11-2)80-55(78)53-49(74)50(75)54(85-56-51(76)47(72)45(70)40(33-66)81-56)58(84-53)83-44-25-26-62(7)42(61(44,5)6)24-27-64(9)43(62)23-22-36-37-32-60(3,4)28-30-65(37,31-29-63(36,64)8)59(79)86-57-52(77)48(73)46(71)41(34-67)82-57/h11,22,35,37-54,56-58,66-77H,2,10,12-14,18,20-21,23-34H2,1,3-9H3/t35-,37-,38-,39-,40-,41-,42-,43+,44+,45-,46-,47+,48+,49+,50+,51-,52-,53+,54-,56+,57+,58-,62+,63-,64-,65+/m1/s1. The van der Waals surface area contributed by atoms with Crippen molar-refractivity contribution in [3.8, 4) is 23.7 Å². The molecule has 0 spiro atoms. The number of unbranched alkanes of at least 4 members (excludes halogenated alkanes) is 4. The lowest BCUT2D eigenvalue weighted by atomic mass is 9.33. The van der Waals surface area contributed by atoms with Gasteiger partial charge in [-0.2, -0.15) is 0 Å². The van der Waals surface area contributed by atoms with Gasteiger partial charge < -0.3 is 94.4 Å². The smallest absolute Gasteiger partial charge is 0.338 e. The Kier molecular flexibility index (Phi) is 21.9. The number of hydrogen-bond acceptors (Lipinski definition) is 21.